The molecule has 0 saturated heterocycles. The van der Waals surface area contributed by atoms with Gasteiger partial charge in [-0.05, 0) is 50.9 Å². The predicted octanol–water partition coefficient (Wildman–Crippen LogP) is 2.39. The van der Waals surface area contributed by atoms with Crippen LogP contribution in [0.15, 0.2) is 12.3 Å². The number of hydrogen-bond donors (Lipinski definition) is 3. The Morgan fingerprint density at radius 1 is 1.31 bits per heavy atom. The topological polar surface area (TPSA) is 88.5 Å². The molecule has 6 heteroatoms. The zero-order chi connectivity index (χ0) is 17.7. The van der Waals surface area contributed by atoms with E-state index in [1.165, 1.54) is 36.9 Å². The second-order valence-electron chi connectivity index (χ2n) is 8.58. The van der Waals surface area contributed by atoms with Gasteiger partial charge in [-0.2, -0.15) is 9.61 Å². The number of aliphatic hydroxyl groups excluding tert-OH is 1. The van der Waals surface area contributed by atoms with Crippen molar-refractivity contribution in [2.24, 2.45) is 11.7 Å². The average molecular weight is 355 g/mol. The summed E-state index contributed by atoms with van der Waals surface area (Å²) in [7, 11) is 0. The van der Waals surface area contributed by atoms with E-state index in [0.717, 1.165) is 43.6 Å². The number of aliphatic hydroxyl groups is 1. The first kappa shape index (κ1) is 16.5. The van der Waals surface area contributed by atoms with Gasteiger partial charge in [0.1, 0.15) is 5.82 Å². The third-order valence-corrected chi connectivity index (χ3v) is 7.12. The molecule has 3 aliphatic carbocycles. The molecule has 2 aromatic rings. The summed E-state index contributed by atoms with van der Waals surface area (Å²) in [6, 6.07) is 2.73. The van der Waals surface area contributed by atoms with E-state index in [2.05, 4.69) is 10.4 Å². The fraction of sp³-hybridized carbons (Fsp3) is 0.700. The van der Waals surface area contributed by atoms with Crippen LogP contribution in [0.2, 0.25) is 0 Å². The van der Waals surface area contributed by atoms with Crippen LogP contribution < -0.4 is 11.1 Å². The number of nitrogens with one attached hydrogen (secondary N) is 1. The number of nitrogens with zero attached hydrogens (tertiary/aromatic N) is 3. The molecule has 2 heterocycles. The van der Waals surface area contributed by atoms with Gasteiger partial charge in [0, 0.05) is 35.7 Å². The second-order valence-corrected chi connectivity index (χ2v) is 8.58. The van der Waals surface area contributed by atoms with Crippen molar-refractivity contribution in [3.63, 3.8) is 0 Å². The predicted molar refractivity (Wildman–Crippen MR) is 101 cm³/mol. The highest BCUT2D eigenvalue weighted by Crippen LogP contribution is 2.55. The van der Waals surface area contributed by atoms with E-state index in [1.54, 1.807) is 0 Å². The van der Waals surface area contributed by atoms with E-state index < -0.39 is 0 Å². The van der Waals surface area contributed by atoms with Crippen LogP contribution in [0.4, 0.5) is 5.82 Å². The minimum absolute atomic E-state index is 0.159. The highest BCUT2D eigenvalue weighted by atomic mass is 16.3. The highest BCUT2D eigenvalue weighted by Gasteiger charge is 2.50. The van der Waals surface area contributed by atoms with Gasteiger partial charge < -0.3 is 16.2 Å². The summed E-state index contributed by atoms with van der Waals surface area (Å²) in [6.07, 6.45) is 11.9. The highest BCUT2D eigenvalue weighted by molar-refractivity contribution is 5.60. The lowest BCUT2D eigenvalue weighted by Crippen LogP contribution is -2.30. The minimum Gasteiger partial charge on any atom is -0.396 e. The van der Waals surface area contributed by atoms with Crippen LogP contribution in [-0.2, 0) is 11.8 Å². The van der Waals surface area contributed by atoms with Gasteiger partial charge in [0.15, 0.2) is 5.65 Å². The Morgan fingerprint density at radius 2 is 2.15 bits per heavy atom. The van der Waals surface area contributed by atoms with E-state index in [-0.39, 0.29) is 12.0 Å². The number of nitrogens with two attached hydrogens (primary N) is 1. The van der Waals surface area contributed by atoms with Crippen LogP contribution >= 0.6 is 0 Å². The summed E-state index contributed by atoms with van der Waals surface area (Å²) in [6.45, 7) is 0.262. The Bertz CT molecular complexity index is 810. The molecule has 0 bridgehead atoms. The molecule has 0 amide bonds. The maximum absolute atomic E-state index is 9.66. The van der Waals surface area contributed by atoms with Crippen LogP contribution in [0.3, 0.4) is 0 Å². The summed E-state index contributed by atoms with van der Waals surface area (Å²) in [5, 5.41) is 18.0. The molecule has 2 aromatic heterocycles. The van der Waals surface area contributed by atoms with E-state index in [0.29, 0.717) is 18.0 Å². The molecule has 0 aliphatic heterocycles. The standard InChI is InChI=1S/C20H29N5O/c21-14-3-4-15(12-14)23-19-16-11-13(6-10-26)20(7-1-2-8-20)18(16)24-17-5-9-22-25(17)19/h5,9,13-15,23,26H,1-4,6-8,10-12,21H2/t13?,14-,15-/m0/s1. The van der Waals surface area contributed by atoms with Crippen LogP contribution in [0.5, 0.6) is 0 Å². The first-order chi connectivity index (χ1) is 12.7. The molecule has 6 nitrogen and oxygen atoms in total. The summed E-state index contributed by atoms with van der Waals surface area (Å²) < 4.78 is 1.98. The smallest absolute Gasteiger partial charge is 0.157 e. The first-order valence-electron chi connectivity index (χ1n) is 10.2. The van der Waals surface area contributed by atoms with Crippen LogP contribution in [0, 0.1) is 5.92 Å². The molecule has 2 saturated carbocycles. The van der Waals surface area contributed by atoms with E-state index in [4.69, 9.17) is 10.7 Å². The van der Waals surface area contributed by atoms with Crippen LogP contribution in [0.1, 0.15) is 62.6 Å². The molecule has 1 unspecified atom stereocenters. The number of rotatable bonds is 4. The van der Waals surface area contributed by atoms with Gasteiger partial charge in [0.05, 0.1) is 11.9 Å². The molecule has 3 atom stereocenters. The Kier molecular flexibility index (Phi) is 3.94. The molecule has 0 aromatic carbocycles. The normalized spacial score (nSPS) is 29.7. The lowest BCUT2D eigenvalue weighted by molar-refractivity contribution is 0.204. The van der Waals surface area contributed by atoms with E-state index in [1.807, 2.05) is 16.8 Å². The number of hydrogen-bond acceptors (Lipinski definition) is 5. The maximum Gasteiger partial charge on any atom is 0.157 e. The molecular formula is C20H29N5O. The SMILES string of the molecule is N[C@H]1CC[C@H](Nc2c3c(nc4ccnn24)C2(CCCC2)C(CCO)C3)C1. The van der Waals surface area contributed by atoms with E-state index in [9.17, 15) is 5.11 Å². The van der Waals surface area contributed by atoms with Gasteiger partial charge in [-0.15, -0.1) is 0 Å². The van der Waals surface area contributed by atoms with Gasteiger partial charge in [-0.3, -0.25) is 0 Å². The minimum atomic E-state index is 0.159. The Hall–Kier alpha value is -1.66. The molecule has 0 radical (unpaired) electrons. The first-order valence-corrected chi connectivity index (χ1v) is 10.2. The average Bonchev–Trinajstić information content (AvgIpc) is 3.39. The number of aromatic nitrogens is 3. The van der Waals surface area contributed by atoms with Gasteiger partial charge in [-0.25, -0.2) is 4.98 Å². The molecule has 26 heavy (non-hydrogen) atoms. The van der Waals surface area contributed by atoms with Crippen LogP contribution in [-0.4, -0.2) is 38.4 Å². The summed E-state index contributed by atoms with van der Waals surface area (Å²) >= 11 is 0. The maximum atomic E-state index is 9.66. The third-order valence-electron chi connectivity index (χ3n) is 7.12. The van der Waals surface area contributed by atoms with Crippen molar-refractivity contribution in [1.82, 2.24) is 14.6 Å². The van der Waals surface area contributed by atoms with Crippen molar-refractivity contribution in [2.75, 3.05) is 11.9 Å². The fourth-order valence-electron chi connectivity index (χ4n) is 5.89. The largest absolute Gasteiger partial charge is 0.396 e. The summed E-state index contributed by atoms with van der Waals surface area (Å²) in [5.74, 6) is 1.62. The van der Waals surface area contributed by atoms with Crippen molar-refractivity contribution < 1.29 is 5.11 Å². The van der Waals surface area contributed by atoms with Crippen molar-refractivity contribution >= 4 is 11.5 Å². The zero-order valence-electron chi connectivity index (χ0n) is 15.3. The van der Waals surface area contributed by atoms with Crippen molar-refractivity contribution in [2.45, 2.75) is 75.3 Å². The number of anilines is 1. The molecule has 3 aliphatic rings. The van der Waals surface area contributed by atoms with Gasteiger partial charge in [0.25, 0.3) is 0 Å². The number of fused-ring (bicyclic) bond motifs is 3. The Labute approximate surface area is 154 Å². The van der Waals surface area contributed by atoms with Crippen molar-refractivity contribution in [3.05, 3.63) is 23.5 Å². The van der Waals surface area contributed by atoms with Gasteiger partial charge in [-0.1, -0.05) is 12.8 Å². The second kappa shape index (κ2) is 6.20. The lowest BCUT2D eigenvalue weighted by Gasteiger charge is -2.31. The lowest BCUT2D eigenvalue weighted by atomic mass is 9.74. The molecular weight excluding hydrogens is 326 g/mol. The molecule has 1 spiro atoms. The Balaban J connectivity index is 1.62. The van der Waals surface area contributed by atoms with E-state index >= 15 is 0 Å². The summed E-state index contributed by atoms with van der Waals surface area (Å²) in [4.78, 5) is 5.09. The van der Waals surface area contributed by atoms with Crippen molar-refractivity contribution in [1.29, 1.82) is 0 Å². The Morgan fingerprint density at radius 3 is 2.88 bits per heavy atom. The van der Waals surface area contributed by atoms with Crippen molar-refractivity contribution in [3.8, 4) is 0 Å². The fourth-order valence-corrected chi connectivity index (χ4v) is 5.89. The molecule has 4 N–H and O–H groups in total. The summed E-state index contributed by atoms with van der Waals surface area (Å²) in [5.41, 5.74) is 9.85. The molecule has 140 valence electrons. The molecule has 2 fully saturated rings. The van der Waals surface area contributed by atoms with Gasteiger partial charge >= 0.3 is 0 Å². The monoisotopic (exact) mass is 355 g/mol. The molecule has 5 rings (SSSR count). The van der Waals surface area contributed by atoms with Gasteiger partial charge in [0.2, 0.25) is 0 Å². The van der Waals surface area contributed by atoms with Crippen LogP contribution in [0.25, 0.3) is 5.65 Å². The third kappa shape index (κ3) is 2.38. The zero-order valence-corrected chi connectivity index (χ0v) is 15.3. The quantitative estimate of drug-likeness (QED) is 0.784.